The van der Waals surface area contributed by atoms with Crippen LogP contribution < -0.4 is 10.0 Å². The molecule has 0 aromatic rings. The van der Waals surface area contributed by atoms with Crippen LogP contribution in [0, 0.1) is 5.92 Å². The second kappa shape index (κ2) is 9.00. The lowest BCUT2D eigenvalue weighted by Gasteiger charge is -2.29. The lowest BCUT2D eigenvalue weighted by Crippen LogP contribution is -2.44. The molecule has 20 heavy (non-hydrogen) atoms. The summed E-state index contributed by atoms with van der Waals surface area (Å²) in [6.45, 7) is 7.50. The average molecular weight is 305 g/mol. The van der Waals surface area contributed by atoms with Crippen LogP contribution in [0.4, 0.5) is 0 Å². The molecule has 120 valence electrons. The molecule has 0 amide bonds. The van der Waals surface area contributed by atoms with Gasteiger partial charge in [-0.2, -0.15) is 0 Å². The van der Waals surface area contributed by atoms with Gasteiger partial charge in [-0.15, -0.1) is 0 Å². The lowest BCUT2D eigenvalue weighted by atomic mass is 9.84. The largest absolute Gasteiger partial charge is 0.315 e. The zero-order chi connectivity index (χ0) is 15.0. The van der Waals surface area contributed by atoms with Gasteiger partial charge in [0.15, 0.2) is 0 Å². The summed E-state index contributed by atoms with van der Waals surface area (Å²) >= 11 is 0. The first-order valence-electron chi connectivity index (χ1n) is 8.21. The molecular formula is C15H32N2O2S. The molecule has 0 bridgehead atoms. The number of sulfonamides is 1. The Bertz CT molecular complexity index is 349. The molecule has 5 heteroatoms. The van der Waals surface area contributed by atoms with Gasteiger partial charge in [-0.3, -0.25) is 0 Å². The Kier molecular flexibility index (Phi) is 8.07. The highest BCUT2D eigenvalue weighted by atomic mass is 32.2. The molecule has 1 fully saturated rings. The molecule has 0 radical (unpaired) electrons. The second-order valence-corrected chi connectivity index (χ2v) is 8.31. The predicted octanol–water partition coefficient (Wildman–Crippen LogP) is 2.65. The summed E-state index contributed by atoms with van der Waals surface area (Å²) in [5.74, 6) is 0.810. The van der Waals surface area contributed by atoms with E-state index in [0.29, 0.717) is 6.54 Å². The van der Waals surface area contributed by atoms with Gasteiger partial charge in [-0.25, -0.2) is 13.1 Å². The summed E-state index contributed by atoms with van der Waals surface area (Å²) < 4.78 is 27.4. The number of nitrogens with one attached hydrogen (secondary N) is 2. The Morgan fingerprint density at radius 2 is 1.75 bits per heavy atom. The van der Waals surface area contributed by atoms with Crippen molar-refractivity contribution in [1.29, 1.82) is 0 Å². The van der Waals surface area contributed by atoms with E-state index in [-0.39, 0.29) is 11.3 Å². The van der Waals surface area contributed by atoms with E-state index in [1.54, 1.807) is 6.92 Å². The molecule has 0 aliphatic heterocycles. The Labute approximate surface area is 125 Å². The lowest BCUT2D eigenvalue weighted by molar-refractivity contribution is 0.296. The van der Waals surface area contributed by atoms with Gasteiger partial charge in [0.25, 0.3) is 0 Å². The SMILES string of the molecule is CCCNCC(C)S(=O)(=O)NC1CCC(CCC)CC1. The van der Waals surface area contributed by atoms with E-state index < -0.39 is 10.0 Å². The molecular weight excluding hydrogens is 272 g/mol. The van der Waals surface area contributed by atoms with Crippen molar-refractivity contribution in [2.45, 2.75) is 77.0 Å². The summed E-state index contributed by atoms with van der Waals surface area (Å²) in [7, 11) is -3.18. The third-order valence-electron chi connectivity index (χ3n) is 4.26. The molecule has 1 rings (SSSR count). The van der Waals surface area contributed by atoms with E-state index in [0.717, 1.165) is 31.7 Å². The van der Waals surface area contributed by atoms with Crippen LogP contribution in [0.5, 0.6) is 0 Å². The first kappa shape index (κ1) is 17.9. The molecule has 0 spiro atoms. The normalized spacial score (nSPS) is 25.6. The first-order chi connectivity index (χ1) is 9.49. The smallest absolute Gasteiger partial charge is 0.215 e. The zero-order valence-electron chi connectivity index (χ0n) is 13.3. The minimum absolute atomic E-state index is 0.154. The summed E-state index contributed by atoms with van der Waals surface area (Å²) in [4.78, 5) is 0. The maximum atomic E-state index is 12.2. The van der Waals surface area contributed by atoms with Crippen LogP contribution in [0.2, 0.25) is 0 Å². The molecule has 0 saturated heterocycles. The van der Waals surface area contributed by atoms with Crippen molar-refractivity contribution >= 4 is 10.0 Å². The number of rotatable bonds is 9. The fourth-order valence-corrected chi connectivity index (χ4v) is 4.19. The molecule has 0 aromatic carbocycles. The quantitative estimate of drug-likeness (QED) is 0.644. The van der Waals surface area contributed by atoms with E-state index in [4.69, 9.17) is 0 Å². The minimum Gasteiger partial charge on any atom is -0.315 e. The van der Waals surface area contributed by atoms with Crippen LogP contribution in [-0.4, -0.2) is 32.8 Å². The molecule has 1 aliphatic rings. The molecule has 0 heterocycles. The van der Waals surface area contributed by atoms with E-state index in [9.17, 15) is 8.42 Å². The van der Waals surface area contributed by atoms with Crippen LogP contribution in [0.15, 0.2) is 0 Å². The second-order valence-electron chi connectivity index (χ2n) is 6.18. The fourth-order valence-electron chi connectivity index (χ4n) is 2.92. The Morgan fingerprint density at radius 3 is 2.30 bits per heavy atom. The van der Waals surface area contributed by atoms with Crippen molar-refractivity contribution in [1.82, 2.24) is 10.0 Å². The summed E-state index contributed by atoms with van der Waals surface area (Å²) in [5.41, 5.74) is 0. The van der Waals surface area contributed by atoms with Crippen molar-refractivity contribution in [3.63, 3.8) is 0 Å². The molecule has 2 N–H and O–H groups in total. The van der Waals surface area contributed by atoms with Gasteiger partial charge >= 0.3 is 0 Å². The van der Waals surface area contributed by atoms with E-state index in [2.05, 4.69) is 23.9 Å². The van der Waals surface area contributed by atoms with E-state index in [1.807, 2.05) is 0 Å². The van der Waals surface area contributed by atoms with Gasteiger partial charge in [-0.05, 0) is 51.5 Å². The van der Waals surface area contributed by atoms with Crippen molar-refractivity contribution in [2.24, 2.45) is 5.92 Å². The molecule has 4 nitrogen and oxygen atoms in total. The third kappa shape index (κ3) is 6.10. The maximum absolute atomic E-state index is 12.2. The predicted molar refractivity (Wildman–Crippen MR) is 85.3 cm³/mol. The van der Waals surface area contributed by atoms with Crippen molar-refractivity contribution < 1.29 is 8.42 Å². The van der Waals surface area contributed by atoms with Crippen LogP contribution >= 0.6 is 0 Å². The van der Waals surface area contributed by atoms with Gasteiger partial charge in [0.05, 0.1) is 5.25 Å². The van der Waals surface area contributed by atoms with Crippen LogP contribution in [-0.2, 0) is 10.0 Å². The van der Waals surface area contributed by atoms with Crippen LogP contribution in [0.3, 0.4) is 0 Å². The van der Waals surface area contributed by atoms with Gasteiger partial charge < -0.3 is 5.32 Å². The minimum atomic E-state index is -3.18. The monoisotopic (exact) mass is 304 g/mol. The Hall–Kier alpha value is -0.130. The third-order valence-corrected chi connectivity index (χ3v) is 6.15. The van der Waals surface area contributed by atoms with Crippen LogP contribution in [0.1, 0.15) is 65.7 Å². The Morgan fingerprint density at radius 1 is 1.10 bits per heavy atom. The van der Waals surface area contributed by atoms with Gasteiger partial charge in [-0.1, -0.05) is 26.7 Å². The average Bonchev–Trinajstić information content (AvgIpc) is 2.41. The molecule has 0 aromatic heterocycles. The first-order valence-corrected chi connectivity index (χ1v) is 9.76. The van der Waals surface area contributed by atoms with Crippen molar-refractivity contribution in [3.8, 4) is 0 Å². The van der Waals surface area contributed by atoms with Crippen molar-refractivity contribution in [2.75, 3.05) is 13.1 Å². The fraction of sp³-hybridized carbons (Fsp3) is 1.00. The van der Waals surface area contributed by atoms with Crippen molar-refractivity contribution in [3.05, 3.63) is 0 Å². The molecule has 1 aliphatic carbocycles. The summed E-state index contributed by atoms with van der Waals surface area (Å²) in [6.07, 6.45) is 7.89. The maximum Gasteiger partial charge on any atom is 0.215 e. The standard InChI is InChI=1S/C15H32N2O2S/c1-4-6-14-7-9-15(10-8-14)17-20(18,19)13(3)12-16-11-5-2/h13-17H,4-12H2,1-3H3. The van der Waals surface area contributed by atoms with E-state index in [1.165, 1.54) is 25.7 Å². The summed E-state index contributed by atoms with van der Waals surface area (Å²) in [5, 5.41) is 2.82. The highest BCUT2D eigenvalue weighted by molar-refractivity contribution is 7.90. The molecule has 1 atom stereocenters. The van der Waals surface area contributed by atoms with Crippen LogP contribution in [0.25, 0.3) is 0 Å². The Balaban J connectivity index is 2.35. The number of hydrogen-bond acceptors (Lipinski definition) is 3. The van der Waals surface area contributed by atoms with E-state index >= 15 is 0 Å². The van der Waals surface area contributed by atoms with Gasteiger partial charge in [0, 0.05) is 12.6 Å². The highest BCUT2D eigenvalue weighted by Crippen LogP contribution is 2.28. The van der Waals surface area contributed by atoms with Gasteiger partial charge in [0.2, 0.25) is 10.0 Å². The van der Waals surface area contributed by atoms with Gasteiger partial charge in [0.1, 0.15) is 0 Å². The highest BCUT2D eigenvalue weighted by Gasteiger charge is 2.27. The zero-order valence-corrected chi connectivity index (χ0v) is 14.1. The molecule has 1 saturated carbocycles. The topological polar surface area (TPSA) is 58.2 Å². The number of hydrogen-bond donors (Lipinski definition) is 2. The molecule has 1 unspecified atom stereocenters. The summed E-state index contributed by atoms with van der Waals surface area (Å²) in [6, 6.07) is 0.154.